The van der Waals surface area contributed by atoms with Crippen LogP contribution >= 0.6 is 0 Å². The fraction of sp³-hybridized carbons (Fsp3) is 0.688. The summed E-state index contributed by atoms with van der Waals surface area (Å²) in [7, 11) is 0. The van der Waals surface area contributed by atoms with Crippen molar-refractivity contribution in [1.29, 1.82) is 0 Å². The van der Waals surface area contributed by atoms with Crippen molar-refractivity contribution in [3.05, 3.63) is 0 Å². The highest BCUT2D eigenvalue weighted by molar-refractivity contribution is 5.88. The van der Waals surface area contributed by atoms with Crippen LogP contribution in [-0.2, 0) is 43.1 Å². The van der Waals surface area contributed by atoms with Crippen molar-refractivity contribution in [1.82, 2.24) is 10.5 Å². The summed E-state index contributed by atoms with van der Waals surface area (Å²) in [5, 5.41) is 2.56. The normalized spacial score (nSPS) is 24.6. The summed E-state index contributed by atoms with van der Waals surface area (Å²) in [5.74, 6) is -3.14. The second-order valence-electron chi connectivity index (χ2n) is 7.09. The minimum Gasteiger partial charge on any atom is -0.463 e. The molecule has 2 heterocycles. The zero-order valence-corrected chi connectivity index (χ0v) is 15.9. The van der Waals surface area contributed by atoms with Gasteiger partial charge in [-0.3, -0.25) is 14.4 Å². The maximum atomic E-state index is 12.5. The Hall–Kier alpha value is -2.89. The molecule has 2 saturated heterocycles. The number of carbonyl (C=O) groups is 5. The Labute approximate surface area is 160 Å². The summed E-state index contributed by atoms with van der Waals surface area (Å²) in [6, 6.07) is -1.34. The number of amides is 2. The summed E-state index contributed by atoms with van der Waals surface area (Å²) >= 11 is 0. The van der Waals surface area contributed by atoms with Crippen molar-refractivity contribution in [3.63, 3.8) is 0 Å². The third kappa shape index (κ3) is 5.81. The average Bonchev–Trinajstić information content (AvgIpc) is 3.10. The molecule has 0 saturated carbocycles. The molecular weight excluding hydrogens is 380 g/mol. The van der Waals surface area contributed by atoms with Crippen LogP contribution in [0.25, 0.3) is 0 Å². The molecule has 2 aliphatic heterocycles. The summed E-state index contributed by atoms with van der Waals surface area (Å²) in [5.41, 5.74) is -0.823. The van der Waals surface area contributed by atoms with Crippen LogP contribution < -0.4 is 5.32 Å². The molecule has 12 heteroatoms. The number of carbonyl (C=O) groups excluding carboxylic acids is 5. The highest BCUT2D eigenvalue weighted by Crippen LogP contribution is 2.21. The zero-order valence-electron chi connectivity index (χ0n) is 15.9. The van der Waals surface area contributed by atoms with Gasteiger partial charge in [0.05, 0.1) is 0 Å². The summed E-state index contributed by atoms with van der Waals surface area (Å²) in [6.07, 6.45) is -3.08. The van der Waals surface area contributed by atoms with Crippen LogP contribution in [0.5, 0.6) is 0 Å². The van der Waals surface area contributed by atoms with Crippen LogP contribution in [-0.4, -0.2) is 65.6 Å². The molecule has 2 unspecified atom stereocenters. The minimum atomic E-state index is -1.34. The molecule has 3 atom stereocenters. The quantitative estimate of drug-likeness (QED) is 0.482. The van der Waals surface area contributed by atoms with Gasteiger partial charge in [-0.25, -0.2) is 14.4 Å². The number of rotatable bonds is 5. The molecule has 0 aliphatic carbocycles. The lowest BCUT2D eigenvalue weighted by molar-refractivity contribution is -0.322. The van der Waals surface area contributed by atoms with Gasteiger partial charge in [0.25, 0.3) is 0 Å². The fourth-order valence-corrected chi connectivity index (χ4v) is 2.32. The molecule has 2 amide bonds. The predicted octanol–water partition coefficient (Wildman–Crippen LogP) is -0.251. The number of ether oxygens (including phenoxy) is 3. The second kappa shape index (κ2) is 8.42. The first-order valence-corrected chi connectivity index (χ1v) is 8.51. The van der Waals surface area contributed by atoms with Crippen LogP contribution in [0.2, 0.25) is 0 Å². The van der Waals surface area contributed by atoms with Crippen molar-refractivity contribution < 1.29 is 47.9 Å². The standard InChI is InChI=1S/C16H22N2O10/c1-8(19)24-7-10-12(17-15(23)26-16(2,3)4)13(21)18(27-10)28-14(22)9-5-6-11(20)25-9/h9-10,12H,5-7H2,1-4H3,(H,17,23)/t9?,10?,12-/m0/s1. The summed E-state index contributed by atoms with van der Waals surface area (Å²) < 4.78 is 14.6. The van der Waals surface area contributed by atoms with Gasteiger partial charge in [-0.05, 0) is 26.0 Å². The molecular formula is C16H22N2O10. The number of cyclic esters (lactones) is 1. The van der Waals surface area contributed by atoms with Crippen molar-refractivity contribution >= 4 is 29.9 Å². The van der Waals surface area contributed by atoms with E-state index < -0.39 is 60.4 Å². The van der Waals surface area contributed by atoms with E-state index in [1.807, 2.05) is 0 Å². The molecule has 0 aromatic heterocycles. The summed E-state index contributed by atoms with van der Waals surface area (Å²) in [4.78, 5) is 68.6. The zero-order chi connectivity index (χ0) is 21.1. The Morgan fingerprint density at radius 2 is 1.93 bits per heavy atom. The predicted molar refractivity (Wildman–Crippen MR) is 86.7 cm³/mol. The highest BCUT2D eigenvalue weighted by Gasteiger charge is 2.48. The van der Waals surface area contributed by atoms with Gasteiger partial charge in [0, 0.05) is 19.8 Å². The van der Waals surface area contributed by atoms with Gasteiger partial charge in [-0.2, -0.15) is 0 Å². The number of nitrogens with zero attached hydrogens (tertiary/aromatic N) is 1. The number of esters is 2. The lowest BCUT2D eigenvalue weighted by atomic mass is 10.1. The number of alkyl carbamates (subject to hydrolysis) is 1. The van der Waals surface area contributed by atoms with E-state index in [9.17, 15) is 24.0 Å². The maximum absolute atomic E-state index is 12.5. The molecule has 2 fully saturated rings. The van der Waals surface area contributed by atoms with E-state index in [0.29, 0.717) is 0 Å². The van der Waals surface area contributed by atoms with Crippen molar-refractivity contribution in [3.8, 4) is 0 Å². The molecule has 1 N–H and O–H groups in total. The number of hydrogen-bond acceptors (Lipinski definition) is 10. The number of hydrogen-bond donors (Lipinski definition) is 1. The van der Waals surface area contributed by atoms with E-state index >= 15 is 0 Å². The molecule has 2 aliphatic rings. The first-order valence-electron chi connectivity index (χ1n) is 8.51. The Bertz CT molecular complexity index is 671. The van der Waals surface area contributed by atoms with Gasteiger partial charge in [0.15, 0.2) is 6.10 Å². The first kappa shape index (κ1) is 21.4. The lowest BCUT2D eigenvalue weighted by Crippen LogP contribution is -2.49. The third-order valence-electron chi connectivity index (χ3n) is 3.49. The van der Waals surface area contributed by atoms with Gasteiger partial charge in [0.2, 0.25) is 6.10 Å². The number of nitrogens with one attached hydrogen (secondary N) is 1. The Kier molecular flexibility index (Phi) is 6.44. The lowest BCUT2D eigenvalue weighted by Gasteiger charge is -2.22. The van der Waals surface area contributed by atoms with Crippen molar-refractivity contribution in [2.24, 2.45) is 0 Å². The van der Waals surface area contributed by atoms with Gasteiger partial charge in [0.1, 0.15) is 18.2 Å². The molecule has 156 valence electrons. The van der Waals surface area contributed by atoms with Crippen molar-refractivity contribution in [2.75, 3.05) is 6.61 Å². The van der Waals surface area contributed by atoms with E-state index in [1.165, 1.54) is 0 Å². The van der Waals surface area contributed by atoms with Gasteiger partial charge < -0.3 is 24.4 Å². The highest BCUT2D eigenvalue weighted by atomic mass is 17.0. The topological polar surface area (TPSA) is 147 Å². The molecule has 0 bridgehead atoms. The smallest absolute Gasteiger partial charge is 0.408 e. The average molecular weight is 402 g/mol. The Morgan fingerprint density at radius 1 is 1.25 bits per heavy atom. The van der Waals surface area contributed by atoms with E-state index in [-0.39, 0.29) is 18.1 Å². The molecule has 28 heavy (non-hydrogen) atoms. The first-order chi connectivity index (χ1) is 13.0. The molecule has 0 aromatic carbocycles. The molecule has 2 rings (SSSR count). The van der Waals surface area contributed by atoms with E-state index in [2.05, 4.69) is 5.32 Å². The van der Waals surface area contributed by atoms with Crippen LogP contribution in [0.1, 0.15) is 40.5 Å². The van der Waals surface area contributed by atoms with Crippen LogP contribution in [0.3, 0.4) is 0 Å². The van der Waals surface area contributed by atoms with Crippen LogP contribution in [0.15, 0.2) is 0 Å². The summed E-state index contributed by atoms with van der Waals surface area (Å²) in [6.45, 7) is 5.65. The van der Waals surface area contributed by atoms with Gasteiger partial charge in [-0.1, -0.05) is 0 Å². The molecule has 0 radical (unpaired) electrons. The van der Waals surface area contributed by atoms with Crippen LogP contribution in [0.4, 0.5) is 4.79 Å². The Balaban J connectivity index is 2.04. The second-order valence-corrected chi connectivity index (χ2v) is 7.09. The van der Waals surface area contributed by atoms with E-state index in [1.54, 1.807) is 20.8 Å². The van der Waals surface area contributed by atoms with E-state index in [4.69, 9.17) is 23.9 Å². The van der Waals surface area contributed by atoms with Gasteiger partial charge >= 0.3 is 29.9 Å². The maximum Gasteiger partial charge on any atom is 0.408 e. The largest absolute Gasteiger partial charge is 0.463 e. The Morgan fingerprint density at radius 3 is 2.46 bits per heavy atom. The molecule has 12 nitrogen and oxygen atoms in total. The van der Waals surface area contributed by atoms with E-state index in [0.717, 1.165) is 6.92 Å². The third-order valence-corrected chi connectivity index (χ3v) is 3.49. The van der Waals surface area contributed by atoms with Crippen LogP contribution in [0, 0.1) is 0 Å². The van der Waals surface area contributed by atoms with Crippen molar-refractivity contribution in [2.45, 2.75) is 64.4 Å². The SMILES string of the molecule is CC(=O)OCC1ON(OC(=O)C2CCC(=O)O2)C(=O)[C@H]1NC(=O)OC(C)(C)C. The fourth-order valence-electron chi connectivity index (χ4n) is 2.32. The monoisotopic (exact) mass is 402 g/mol. The number of hydroxylamine groups is 2. The molecule has 0 aromatic rings. The minimum absolute atomic E-state index is 0.0481. The molecule has 0 spiro atoms. The van der Waals surface area contributed by atoms with Gasteiger partial charge in [-0.15, -0.1) is 0 Å².